The molecule has 2 saturated heterocycles. The number of amides is 2. The average molecular weight is 475 g/mol. The second-order valence-electron chi connectivity index (χ2n) is 11.7. The van der Waals surface area contributed by atoms with Crippen molar-refractivity contribution in [3.63, 3.8) is 0 Å². The van der Waals surface area contributed by atoms with E-state index in [9.17, 15) is 9.59 Å². The molecule has 2 aromatic rings. The van der Waals surface area contributed by atoms with Crippen LogP contribution in [0.15, 0.2) is 60.7 Å². The van der Waals surface area contributed by atoms with Gasteiger partial charge in [0.1, 0.15) is 0 Å². The lowest BCUT2D eigenvalue weighted by molar-refractivity contribution is -0.140. The molecule has 4 heteroatoms. The summed E-state index contributed by atoms with van der Waals surface area (Å²) in [5.74, 6) is 1.68. The van der Waals surface area contributed by atoms with Gasteiger partial charge in [-0.15, -0.1) is 0 Å². The van der Waals surface area contributed by atoms with Gasteiger partial charge in [0.25, 0.3) is 0 Å². The summed E-state index contributed by atoms with van der Waals surface area (Å²) in [4.78, 5) is 29.4. The maximum absolute atomic E-state index is 13.6. The summed E-state index contributed by atoms with van der Waals surface area (Å²) in [5, 5.41) is 0. The molecule has 0 aliphatic carbocycles. The number of nitrogens with zero attached hydrogens (tertiary/aromatic N) is 2. The minimum Gasteiger partial charge on any atom is -0.343 e. The van der Waals surface area contributed by atoms with E-state index >= 15 is 0 Å². The van der Waals surface area contributed by atoms with E-state index in [0.717, 1.165) is 45.3 Å². The van der Waals surface area contributed by atoms with Gasteiger partial charge < -0.3 is 9.80 Å². The third kappa shape index (κ3) is 6.15. The van der Waals surface area contributed by atoms with Crippen LogP contribution in [0, 0.1) is 17.3 Å². The number of hydrogen-bond acceptors (Lipinski definition) is 2. The summed E-state index contributed by atoms with van der Waals surface area (Å²) >= 11 is 0. The number of piperidine rings is 2. The number of hydrogen-bond donors (Lipinski definition) is 0. The standard InChI is InChI=1S/C31H42N2O2/c1-23(34)32-18-15-24(16-19-32)21-29(35)33-20-17-27(22-28(33)31(2,3)4)30(25-11-7-5-8-12-25)26-13-9-6-10-14-26/h5-14,24,27-28,30H,15-22H2,1-4H3. The number of benzene rings is 2. The van der Waals surface area contributed by atoms with Crippen LogP contribution in [0.4, 0.5) is 0 Å². The van der Waals surface area contributed by atoms with Crippen molar-refractivity contribution in [3.8, 4) is 0 Å². The van der Waals surface area contributed by atoms with E-state index in [1.54, 1.807) is 6.92 Å². The fourth-order valence-corrected chi connectivity index (χ4v) is 6.29. The van der Waals surface area contributed by atoms with Crippen molar-refractivity contribution in [2.24, 2.45) is 17.3 Å². The van der Waals surface area contributed by atoms with Gasteiger partial charge in [-0.2, -0.15) is 0 Å². The molecular weight excluding hydrogens is 432 g/mol. The molecule has 2 aromatic carbocycles. The quantitative estimate of drug-likeness (QED) is 0.524. The lowest BCUT2D eigenvalue weighted by atomic mass is 9.69. The molecule has 2 heterocycles. The Morgan fingerprint density at radius 2 is 1.40 bits per heavy atom. The van der Waals surface area contributed by atoms with E-state index in [1.807, 2.05) is 4.90 Å². The van der Waals surface area contributed by atoms with E-state index in [4.69, 9.17) is 0 Å². The Kier molecular flexibility index (Phi) is 7.98. The highest BCUT2D eigenvalue weighted by atomic mass is 16.2. The summed E-state index contributed by atoms with van der Waals surface area (Å²) in [7, 11) is 0. The molecule has 2 fully saturated rings. The first-order valence-electron chi connectivity index (χ1n) is 13.4. The molecule has 4 rings (SSSR count). The summed E-state index contributed by atoms with van der Waals surface area (Å²) in [6.45, 7) is 10.9. The van der Waals surface area contributed by atoms with Gasteiger partial charge in [-0.25, -0.2) is 0 Å². The molecular formula is C31H42N2O2. The monoisotopic (exact) mass is 474 g/mol. The normalized spacial score (nSPS) is 21.9. The van der Waals surface area contributed by atoms with Crippen molar-refractivity contribution in [1.82, 2.24) is 9.80 Å². The van der Waals surface area contributed by atoms with Crippen LogP contribution in [0.3, 0.4) is 0 Å². The Hall–Kier alpha value is -2.62. The van der Waals surface area contributed by atoms with Crippen LogP contribution in [-0.2, 0) is 9.59 Å². The number of likely N-dealkylation sites (tertiary alicyclic amines) is 2. The zero-order chi connectivity index (χ0) is 25.0. The molecule has 2 atom stereocenters. The second-order valence-corrected chi connectivity index (χ2v) is 11.7. The van der Waals surface area contributed by atoms with Gasteiger partial charge in [-0.05, 0) is 54.1 Å². The Labute approximate surface area is 211 Å². The first kappa shape index (κ1) is 25.5. The fourth-order valence-electron chi connectivity index (χ4n) is 6.29. The van der Waals surface area contributed by atoms with Crippen molar-refractivity contribution in [2.45, 2.75) is 71.8 Å². The highest BCUT2D eigenvalue weighted by molar-refractivity contribution is 5.77. The van der Waals surface area contributed by atoms with Crippen LogP contribution in [0.1, 0.15) is 76.8 Å². The molecule has 2 amide bonds. The third-order valence-corrected chi connectivity index (χ3v) is 8.27. The highest BCUT2D eigenvalue weighted by Gasteiger charge is 2.41. The largest absolute Gasteiger partial charge is 0.343 e. The molecule has 2 aliphatic rings. The topological polar surface area (TPSA) is 40.6 Å². The fraction of sp³-hybridized carbons (Fsp3) is 0.548. The molecule has 0 spiro atoms. The molecule has 4 nitrogen and oxygen atoms in total. The lowest BCUT2D eigenvalue weighted by Gasteiger charge is -2.48. The highest BCUT2D eigenvalue weighted by Crippen LogP contribution is 2.43. The van der Waals surface area contributed by atoms with E-state index < -0.39 is 0 Å². The molecule has 2 aliphatic heterocycles. The van der Waals surface area contributed by atoms with E-state index in [2.05, 4.69) is 86.3 Å². The third-order valence-electron chi connectivity index (χ3n) is 8.27. The Morgan fingerprint density at radius 3 is 1.89 bits per heavy atom. The number of carbonyl (C=O) groups excluding carboxylic acids is 2. The second kappa shape index (κ2) is 11.0. The van der Waals surface area contributed by atoms with Gasteiger partial charge in [0, 0.05) is 44.9 Å². The molecule has 35 heavy (non-hydrogen) atoms. The minimum atomic E-state index is 0.0181. The lowest BCUT2D eigenvalue weighted by Crippen LogP contribution is -2.53. The molecule has 188 valence electrons. The molecule has 2 unspecified atom stereocenters. The Bertz CT molecular complexity index is 935. The van der Waals surface area contributed by atoms with Gasteiger partial charge in [0.2, 0.25) is 11.8 Å². The maximum Gasteiger partial charge on any atom is 0.223 e. The van der Waals surface area contributed by atoms with Crippen LogP contribution >= 0.6 is 0 Å². The minimum absolute atomic E-state index is 0.0181. The molecule has 0 bridgehead atoms. The molecule has 0 saturated carbocycles. The van der Waals surface area contributed by atoms with Crippen LogP contribution in [0.2, 0.25) is 0 Å². The molecule has 0 N–H and O–H groups in total. The summed E-state index contributed by atoms with van der Waals surface area (Å²) in [5.41, 5.74) is 2.76. The predicted octanol–water partition coefficient (Wildman–Crippen LogP) is 6.12. The van der Waals surface area contributed by atoms with Gasteiger partial charge >= 0.3 is 0 Å². The van der Waals surface area contributed by atoms with Gasteiger partial charge in [-0.1, -0.05) is 81.4 Å². The van der Waals surface area contributed by atoms with Crippen molar-refractivity contribution in [1.29, 1.82) is 0 Å². The zero-order valence-corrected chi connectivity index (χ0v) is 22.0. The van der Waals surface area contributed by atoms with Crippen molar-refractivity contribution < 1.29 is 9.59 Å². The SMILES string of the molecule is CC(=O)N1CCC(CC(=O)N2CCC(C(c3ccccc3)c3ccccc3)CC2C(C)(C)C)CC1. The Balaban J connectivity index is 1.50. The summed E-state index contributed by atoms with van der Waals surface area (Å²) in [6, 6.07) is 22.0. The predicted molar refractivity (Wildman–Crippen MR) is 142 cm³/mol. The van der Waals surface area contributed by atoms with Crippen molar-refractivity contribution in [2.75, 3.05) is 19.6 Å². The van der Waals surface area contributed by atoms with Crippen LogP contribution in [0.5, 0.6) is 0 Å². The van der Waals surface area contributed by atoms with E-state index in [1.165, 1.54) is 11.1 Å². The van der Waals surface area contributed by atoms with Gasteiger partial charge in [0.05, 0.1) is 0 Å². The summed E-state index contributed by atoms with van der Waals surface area (Å²) < 4.78 is 0. The van der Waals surface area contributed by atoms with Gasteiger partial charge in [-0.3, -0.25) is 9.59 Å². The average Bonchev–Trinajstić information content (AvgIpc) is 2.85. The van der Waals surface area contributed by atoms with E-state index in [-0.39, 0.29) is 17.4 Å². The first-order valence-corrected chi connectivity index (χ1v) is 13.4. The maximum atomic E-state index is 13.6. The molecule has 0 aromatic heterocycles. The zero-order valence-electron chi connectivity index (χ0n) is 22.0. The molecule has 0 radical (unpaired) electrons. The van der Waals surface area contributed by atoms with Crippen molar-refractivity contribution >= 4 is 11.8 Å². The van der Waals surface area contributed by atoms with Crippen LogP contribution in [-0.4, -0.2) is 47.3 Å². The van der Waals surface area contributed by atoms with Crippen molar-refractivity contribution in [3.05, 3.63) is 71.8 Å². The smallest absolute Gasteiger partial charge is 0.223 e. The van der Waals surface area contributed by atoms with Crippen LogP contribution < -0.4 is 0 Å². The Morgan fingerprint density at radius 1 is 0.857 bits per heavy atom. The number of rotatable bonds is 5. The first-order chi connectivity index (χ1) is 16.7. The summed E-state index contributed by atoms with van der Waals surface area (Å²) in [6.07, 6.45) is 4.53. The number of carbonyl (C=O) groups is 2. The van der Waals surface area contributed by atoms with Crippen LogP contribution in [0.25, 0.3) is 0 Å². The van der Waals surface area contributed by atoms with E-state index in [0.29, 0.717) is 30.1 Å². The van der Waals surface area contributed by atoms with Gasteiger partial charge in [0.15, 0.2) is 0 Å².